The van der Waals surface area contributed by atoms with Gasteiger partial charge in [-0.1, -0.05) is 48.5 Å². The van der Waals surface area contributed by atoms with Gasteiger partial charge in [-0.2, -0.15) is 0 Å². The fourth-order valence-electron chi connectivity index (χ4n) is 5.13. The van der Waals surface area contributed by atoms with Crippen LogP contribution in [0.2, 0.25) is 0 Å². The van der Waals surface area contributed by atoms with E-state index in [0.29, 0.717) is 5.92 Å². The first-order valence-electron chi connectivity index (χ1n) is 11.3. The Morgan fingerprint density at radius 2 is 1.50 bits per heavy atom. The highest BCUT2D eigenvalue weighted by atomic mass is 16.5. The van der Waals surface area contributed by atoms with Gasteiger partial charge in [-0.05, 0) is 43.0 Å². The molecule has 0 unspecified atom stereocenters. The Labute approximate surface area is 187 Å². The van der Waals surface area contributed by atoms with Crippen LogP contribution in [0.15, 0.2) is 79.1 Å². The number of benzene rings is 3. The lowest BCUT2D eigenvalue weighted by molar-refractivity contribution is -0.133. The first-order chi connectivity index (χ1) is 15.8. The maximum atomic E-state index is 13.7. The first kappa shape index (κ1) is 19.1. The summed E-state index contributed by atoms with van der Waals surface area (Å²) in [5, 5.41) is 0. The lowest BCUT2D eigenvalue weighted by Gasteiger charge is -2.36. The Kier molecular flexibility index (Phi) is 4.67. The SMILES string of the molecule is O=C(C1c2ccccc2Oc2ccccc21)N1CCC(Cn2cnc3ccccc32)CC1. The number of amides is 1. The van der Waals surface area contributed by atoms with E-state index in [-0.39, 0.29) is 11.8 Å². The molecule has 0 N–H and O–H groups in total. The predicted octanol–water partition coefficient (Wildman–Crippen LogP) is 5.21. The molecule has 3 heterocycles. The molecule has 0 aliphatic carbocycles. The predicted molar refractivity (Wildman–Crippen MR) is 124 cm³/mol. The highest BCUT2D eigenvalue weighted by Crippen LogP contribution is 2.45. The molecule has 160 valence electrons. The molecule has 0 atom stereocenters. The minimum Gasteiger partial charge on any atom is -0.457 e. The van der Waals surface area contributed by atoms with Crippen LogP contribution in [-0.2, 0) is 11.3 Å². The van der Waals surface area contributed by atoms with Crippen molar-refractivity contribution in [1.82, 2.24) is 14.5 Å². The van der Waals surface area contributed by atoms with Crippen LogP contribution in [0, 0.1) is 5.92 Å². The minimum atomic E-state index is -0.301. The Hall–Kier alpha value is -3.60. The summed E-state index contributed by atoms with van der Waals surface area (Å²) in [6.45, 7) is 2.53. The quantitative estimate of drug-likeness (QED) is 0.454. The molecule has 5 heteroatoms. The van der Waals surface area contributed by atoms with Crippen molar-refractivity contribution in [2.75, 3.05) is 13.1 Å². The van der Waals surface area contributed by atoms with Crippen molar-refractivity contribution in [3.05, 3.63) is 90.3 Å². The number of aromatic nitrogens is 2. The molecule has 4 aromatic rings. The molecule has 3 aromatic carbocycles. The molecule has 0 radical (unpaired) electrons. The van der Waals surface area contributed by atoms with Crippen molar-refractivity contribution in [2.45, 2.75) is 25.3 Å². The third-order valence-corrected chi connectivity index (χ3v) is 6.84. The van der Waals surface area contributed by atoms with Crippen LogP contribution in [0.1, 0.15) is 29.9 Å². The van der Waals surface area contributed by atoms with Crippen LogP contribution in [0.5, 0.6) is 11.5 Å². The van der Waals surface area contributed by atoms with Crippen LogP contribution in [0.25, 0.3) is 11.0 Å². The van der Waals surface area contributed by atoms with Crippen molar-refractivity contribution in [3.8, 4) is 11.5 Å². The zero-order valence-electron chi connectivity index (χ0n) is 17.9. The summed E-state index contributed by atoms with van der Waals surface area (Å²) in [7, 11) is 0. The summed E-state index contributed by atoms with van der Waals surface area (Å²) in [4.78, 5) is 20.3. The molecule has 32 heavy (non-hydrogen) atoms. The van der Waals surface area contributed by atoms with Crippen LogP contribution >= 0.6 is 0 Å². The number of carbonyl (C=O) groups is 1. The molecule has 1 fully saturated rings. The lowest BCUT2D eigenvalue weighted by atomic mass is 9.86. The van der Waals surface area contributed by atoms with Gasteiger partial charge in [0.05, 0.1) is 23.3 Å². The molecule has 2 aliphatic heterocycles. The number of rotatable bonds is 3. The highest BCUT2D eigenvalue weighted by Gasteiger charge is 2.36. The third kappa shape index (κ3) is 3.25. The van der Waals surface area contributed by atoms with E-state index in [4.69, 9.17) is 4.74 Å². The van der Waals surface area contributed by atoms with E-state index in [1.807, 2.05) is 65.8 Å². The Morgan fingerprint density at radius 3 is 2.22 bits per heavy atom. The van der Waals surface area contributed by atoms with Crippen molar-refractivity contribution in [1.29, 1.82) is 0 Å². The number of ether oxygens (including phenoxy) is 1. The number of para-hydroxylation sites is 4. The summed E-state index contributed by atoms with van der Waals surface area (Å²) in [6.07, 6.45) is 3.95. The summed E-state index contributed by atoms with van der Waals surface area (Å²) < 4.78 is 8.33. The van der Waals surface area contributed by atoms with Crippen molar-refractivity contribution in [3.63, 3.8) is 0 Å². The average Bonchev–Trinajstić information content (AvgIpc) is 3.25. The zero-order chi connectivity index (χ0) is 21.5. The van der Waals surface area contributed by atoms with Gasteiger partial charge in [0.25, 0.3) is 0 Å². The number of hydrogen-bond donors (Lipinski definition) is 0. The van der Waals surface area contributed by atoms with Crippen LogP contribution in [0.4, 0.5) is 0 Å². The summed E-state index contributed by atoms with van der Waals surface area (Å²) in [6, 6.07) is 24.1. The molecule has 1 amide bonds. The molecule has 1 aromatic heterocycles. The highest BCUT2D eigenvalue weighted by molar-refractivity contribution is 5.89. The second-order valence-electron chi connectivity index (χ2n) is 8.77. The Bertz CT molecular complexity index is 1240. The molecule has 6 rings (SSSR count). The molecule has 1 saturated heterocycles. The maximum Gasteiger partial charge on any atom is 0.234 e. The molecule has 2 aliphatic rings. The normalized spacial score (nSPS) is 16.4. The fourth-order valence-corrected chi connectivity index (χ4v) is 5.13. The van der Waals surface area contributed by atoms with E-state index >= 15 is 0 Å². The summed E-state index contributed by atoms with van der Waals surface area (Å²) in [5.41, 5.74) is 4.14. The molecule has 0 bridgehead atoms. The smallest absolute Gasteiger partial charge is 0.234 e. The van der Waals surface area contributed by atoms with Crippen molar-refractivity contribution < 1.29 is 9.53 Å². The number of likely N-dealkylation sites (tertiary alicyclic amines) is 1. The first-order valence-corrected chi connectivity index (χ1v) is 11.3. The van der Waals surface area contributed by atoms with E-state index in [1.54, 1.807) is 0 Å². The molecule has 0 spiro atoms. The molecular weight excluding hydrogens is 398 g/mol. The van der Waals surface area contributed by atoms with Crippen LogP contribution in [0.3, 0.4) is 0 Å². The number of hydrogen-bond acceptors (Lipinski definition) is 3. The molecule has 0 saturated carbocycles. The second kappa shape index (κ2) is 7.83. The number of nitrogens with zero attached hydrogens (tertiary/aromatic N) is 3. The van der Waals surface area contributed by atoms with Gasteiger partial charge in [-0.25, -0.2) is 4.98 Å². The van der Waals surface area contributed by atoms with Crippen LogP contribution < -0.4 is 4.74 Å². The van der Waals surface area contributed by atoms with Gasteiger partial charge in [0.2, 0.25) is 5.91 Å². The van der Waals surface area contributed by atoms with E-state index in [9.17, 15) is 4.79 Å². The van der Waals surface area contributed by atoms with Gasteiger partial charge < -0.3 is 14.2 Å². The van der Waals surface area contributed by atoms with Crippen molar-refractivity contribution >= 4 is 16.9 Å². The summed E-state index contributed by atoms with van der Waals surface area (Å²) >= 11 is 0. The number of piperidine rings is 1. The average molecular weight is 424 g/mol. The standard InChI is InChI=1S/C27H25N3O2/c31-27(26-20-7-1-5-11-24(20)32-25-12-6-2-8-21(25)26)29-15-13-19(14-16-29)17-30-18-28-22-9-3-4-10-23(22)30/h1-12,18-19,26H,13-17H2. The van der Waals surface area contributed by atoms with Gasteiger partial charge in [-0.15, -0.1) is 0 Å². The zero-order valence-corrected chi connectivity index (χ0v) is 17.9. The number of carbonyl (C=O) groups excluding carboxylic acids is 1. The fraction of sp³-hybridized carbons (Fsp3) is 0.259. The van der Waals surface area contributed by atoms with Crippen LogP contribution in [-0.4, -0.2) is 33.4 Å². The third-order valence-electron chi connectivity index (χ3n) is 6.84. The van der Waals surface area contributed by atoms with Gasteiger partial charge in [0.15, 0.2) is 0 Å². The van der Waals surface area contributed by atoms with Gasteiger partial charge >= 0.3 is 0 Å². The van der Waals surface area contributed by atoms with E-state index in [1.165, 1.54) is 5.52 Å². The lowest BCUT2D eigenvalue weighted by Crippen LogP contribution is -2.42. The Balaban J connectivity index is 1.20. The number of imidazole rings is 1. The second-order valence-corrected chi connectivity index (χ2v) is 8.77. The van der Waals surface area contributed by atoms with E-state index in [0.717, 1.165) is 60.6 Å². The van der Waals surface area contributed by atoms with Crippen molar-refractivity contribution in [2.24, 2.45) is 5.92 Å². The Morgan fingerprint density at radius 1 is 0.875 bits per heavy atom. The molecular formula is C27H25N3O2. The maximum absolute atomic E-state index is 13.7. The van der Waals surface area contributed by atoms with Gasteiger partial charge in [0, 0.05) is 30.8 Å². The van der Waals surface area contributed by atoms with Gasteiger partial charge in [-0.3, -0.25) is 4.79 Å². The monoisotopic (exact) mass is 423 g/mol. The van der Waals surface area contributed by atoms with E-state index in [2.05, 4.69) is 27.8 Å². The minimum absolute atomic E-state index is 0.180. The number of fused-ring (bicyclic) bond motifs is 3. The summed E-state index contributed by atoms with van der Waals surface area (Å²) in [5.74, 6) is 1.99. The van der Waals surface area contributed by atoms with Gasteiger partial charge in [0.1, 0.15) is 11.5 Å². The van der Waals surface area contributed by atoms with E-state index < -0.39 is 0 Å². The topological polar surface area (TPSA) is 47.4 Å². The molecule has 5 nitrogen and oxygen atoms in total. The largest absolute Gasteiger partial charge is 0.457 e.